The second-order valence-electron chi connectivity index (χ2n) is 5.39. The van der Waals surface area contributed by atoms with Gasteiger partial charge in [0.2, 0.25) is 6.10 Å². The molecule has 0 unspecified atom stereocenters. The van der Waals surface area contributed by atoms with Gasteiger partial charge in [-0.3, -0.25) is 9.59 Å². The Morgan fingerprint density at radius 3 is 2.62 bits per heavy atom. The molecule has 1 fully saturated rings. The molecule has 1 saturated carbocycles. The van der Waals surface area contributed by atoms with E-state index in [2.05, 4.69) is 5.32 Å². The molecule has 0 spiro atoms. The molecule has 114 valence electrons. The van der Waals surface area contributed by atoms with Gasteiger partial charge in [0.1, 0.15) is 5.82 Å². The summed E-state index contributed by atoms with van der Waals surface area (Å²) in [5.41, 5.74) is 0.346. The number of halogens is 1. The van der Waals surface area contributed by atoms with E-state index < -0.39 is 17.9 Å². The van der Waals surface area contributed by atoms with E-state index in [0.29, 0.717) is 5.56 Å². The molecule has 0 saturated heterocycles. The van der Waals surface area contributed by atoms with E-state index >= 15 is 0 Å². The fourth-order valence-corrected chi connectivity index (χ4v) is 2.63. The SMILES string of the molecule is CC(=O)O[C@H](C(=O)NC1CCCCC1)c1cccc(F)c1. The molecule has 1 amide bonds. The summed E-state index contributed by atoms with van der Waals surface area (Å²) in [4.78, 5) is 23.6. The van der Waals surface area contributed by atoms with E-state index in [1.165, 1.54) is 31.5 Å². The molecular weight excluding hydrogens is 273 g/mol. The van der Waals surface area contributed by atoms with E-state index in [9.17, 15) is 14.0 Å². The Labute approximate surface area is 123 Å². The molecule has 0 bridgehead atoms. The Hall–Kier alpha value is -1.91. The van der Waals surface area contributed by atoms with Crippen LogP contribution in [-0.2, 0) is 14.3 Å². The van der Waals surface area contributed by atoms with Crippen LogP contribution in [0, 0.1) is 5.82 Å². The maximum atomic E-state index is 13.3. The first kappa shape index (κ1) is 15.5. The smallest absolute Gasteiger partial charge is 0.303 e. The second-order valence-corrected chi connectivity index (χ2v) is 5.39. The number of hydrogen-bond acceptors (Lipinski definition) is 3. The average molecular weight is 293 g/mol. The Morgan fingerprint density at radius 1 is 1.29 bits per heavy atom. The predicted molar refractivity (Wildman–Crippen MR) is 75.9 cm³/mol. The molecule has 1 aliphatic rings. The molecule has 0 aromatic heterocycles. The van der Waals surface area contributed by atoms with Crippen molar-refractivity contribution in [3.05, 3.63) is 35.6 Å². The maximum Gasteiger partial charge on any atom is 0.303 e. The second kappa shape index (κ2) is 7.20. The van der Waals surface area contributed by atoms with Crippen LogP contribution in [0.2, 0.25) is 0 Å². The molecule has 1 aromatic rings. The zero-order valence-electron chi connectivity index (χ0n) is 12.1. The number of nitrogens with one attached hydrogen (secondary N) is 1. The highest BCUT2D eigenvalue weighted by molar-refractivity contribution is 5.84. The first-order valence-corrected chi connectivity index (χ1v) is 7.29. The third kappa shape index (κ3) is 4.55. The van der Waals surface area contributed by atoms with Crippen molar-refractivity contribution >= 4 is 11.9 Å². The normalized spacial score (nSPS) is 17.0. The number of esters is 1. The van der Waals surface area contributed by atoms with Crippen molar-refractivity contribution < 1.29 is 18.7 Å². The van der Waals surface area contributed by atoms with E-state index in [0.717, 1.165) is 25.7 Å². The molecule has 0 aliphatic heterocycles. The fourth-order valence-electron chi connectivity index (χ4n) is 2.63. The number of carbonyl (C=O) groups excluding carboxylic acids is 2. The highest BCUT2D eigenvalue weighted by atomic mass is 19.1. The largest absolute Gasteiger partial charge is 0.447 e. The molecule has 0 heterocycles. The van der Waals surface area contributed by atoms with Crippen molar-refractivity contribution in [3.8, 4) is 0 Å². The van der Waals surface area contributed by atoms with Gasteiger partial charge >= 0.3 is 5.97 Å². The molecule has 1 aromatic carbocycles. The van der Waals surface area contributed by atoms with Crippen molar-refractivity contribution in [1.82, 2.24) is 5.32 Å². The fraction of sp³-hybridized carbons (Fsp3) is 0.500. The van der Waals surface area contributed by atoms with E-state index in [1.54, 1.807) is 6.07 Å². The summed E-state index contributed by atoms with van der Waals surface area (Å²) < 4.78 is 18.4. The van der Waals surface area contributed by atoms with E-state index in [-0.39, 0.29) is 11.9 Å². The van der Waals surface area contributed by atoms with Crippen LogP contribution in [0.3, 0.4) is 0 Å². The minimum Gasteiger partial charge on any atom is -0.447 e. The van der Waals surface area contributed by atoms with Gasteiger partial charge in [0, 0.05) is 18.5 Å². The van der Waals surface area contributed by atoms with Crippen LogP contribution in [0.25, 0.3) is 0 Å². The van der Waals surface area contributed by atoms with E-state index in [4.69, 9.17) is 4.74 Å². The molecule has 5 heteroatoms. The number of carbonyl (C=O) groups is 2. The first-order valence-electron chi connectivity index (χ1n) is 7.29. The molecule has 21 heavy (non-hydrogen) atoms. The quantitative estimate of drug-likeness (QED) is 0.868. The van der Waals surface area contributed by atoms with Crippen molar-refractivity contribution in [2.45, 2.75) is 51.2 Å². The number of rotatable bonds is 4. The summed E-state index contributed by atoms with van der Waals surface area (Å²) in [6, 6.07) is 5.69. The highest BCUT2D eigenvalue weighted by Crippen LogP contribution is 2.22. The number of benzene rings is 1. The van der Waals surface area contributed by atoms with Gasteiger partial charge in [-0.25, -0.2) is 4.39 Å². The van der Waals surface area contributed by atoms with Gasteiger partial charge in [0.25, 0.3) is 5.91 Å². The van der Waals surface area contributed by atoms with Crippen molar-refractivity contribution in [1.29, 1.82) is 0 Å². The van der Waals surface area contributed by atoms with Gasteiger partial charge in [-0.15, -0.1) is 0 Å². The van der Waals surface area contributed by atoms with Crippen molar-refractivity contribution in [2.24, 2.45) is 0 Å². The van der Waals surface area contributed by atoms with Crippen molar-refractivity contribution in [2.75, 3.05) is 0 Å². The molecule has 2 rings (SSSR count). The summed E-state index contributed by atoms with van der Waals surface area (Å²) in [6.45, 7) is 1.24. The van der Waals surface area contributed by atoms with Crippen LogP contribution in [0.15, 0.2) is 24.3 Å². The van der Waals surface area contributed by atoms with Gasteiger partial charge < -0.3 is 10.1 Å². The molecule has 0 radical (unpaired) electrons. The van der Waals surface area contributed by atoms with Crippen LogP contribution >= 0.6 is 0 Å². The Morgan fingerprint density at radius 2 is 2.00 bits per heavy atom. The molecule has 1 atom stereocenters. The summed E-state index contributed by atoms with van der Waals surface area (Å²) in [6.07, 6.45) is 4.12. The average Bonchev–Trinajstić information content (AvgIpc) is 2.45. The maximum absolute atomic E-state index is 13.3. The lowest BCUT2D eigenvalue weighted by Crippen LogP contribution is -2.40. The molecule has 1 aliphatic carbocycles. The number of ether oxygens (including phenoxy) is 1. The topological polar surface area (TPSA) is 55.4 Å². The summed E-state index contributed by atoms with van der Waals surface area (Å²) in [5.74, 6) is -1.42. The summed E-state index contributed by atoms with van der Waals surface area (Å²) in [5, 5.41) is 2.90. The lowest BCUT2D eigenvalue weighted by atomic mass is 9.95. The standard InChI is InChI=1S/C16H20FNO3/c1-11(19)21-15(12-6-5-7-13(17)10-12)16(20)18-14-8-3-2-4-9-14/h5-7,10,14-15H,2-4,8-9H2,1H3,(H,18,20)/t15-/m0/s1. The Balaban J connectivity index is 2.11. The first-order chi connectivity index (χ1) is 10.1. The lowest BCUT2D eigenvalue weighted by molar-refractivity contribution is -0.154. The van der Waals surface area contributed by atoms with Gasteiger partial charge in [-0.05, 0) is 25.0 Å². The van der Waals surface area contributed by atoms with Gasteiger partial charge in [-0.2, -0.15) is 0 Å². The minimum absolute atomic E-state index is 0.109. The third-order valence-electron chi connectivity index (χ3n) is 3.62. The van der Waals surface area contributed by atoms with E-state index in [1.807, 2.05) is 0 Å². The molecule has 1 N–H and O–H groups in total. The minimum atomic E-state index is -1.10. The van der Waals surface area contributed by atoms with Crippen LogP contribution in [-0.4, -0.2) is 17.9 Å². The monoisotopic (exact) mass is 293 g/mol. The zero-order chi connectivity index (χ0) is 15.2. The van der Waals surface area contributed by atoms with Gasteiger partial charge in [0.05, 0.1) is 0 Å². The van der Waals surface area contributed by atoms with Crippen LogP contribution in [0.5, 0.6) is 0 Å². The molecular formula is C16H20FNO3. The Kier molecular flexibility index (Phi) is 5.31. The summed E-state index contributed by atoms with van der Waals surface area (Å²) >= 11 is 0. The van der Waals surface area contributed by atoms with Gasteiger partial charge in [0.15, 0.2) is 0 Å². The summed E-state index contributed by atoms with van der Waals surface area (Å²) in [7, 11) is 0. The van der Waals surface area contributed by atoms with Crippen molar-refractivity contribution in [3.63, 3.8) is 0 Å². The number of hydrogen-bond donors (Lipinski definition) is 1. The van der Waals surface area contributed by atoms with Gasteiger partial charge in [-0.1, -0.05) is 31.4 Å². The lowest BCUT2D eigenvalue weighted by Gasteiger charge is -2.25. The van der Waals surface area contributed by atoms with Crippen LogP contribution in [0.4, 0.5) is 4.39 Å². The third-order valence-corrected chi connectivity index (χ3v) is 3.62. The predicted octanol–water partition coefficient (Wildman–Crippen LogP) is 2.88. The number of amides is 1. The Bertz CT molecular complexity index is 512. The van der Waals surface area contributed by atoms with Crippen LogP contribution < -0.4 is 5.32 Å². The highest BCUT2D eigenvalue weighted by Gasteiger charge is 2.26. The molecule has 4 nitrogen and oxygen atoms in total. The van der Waals surface area contributed by atoms with Crippen LogP contribution in [0.1, 0.15) is 50.7 Å². The zero-order valence-corrected chi connectivity index (χ0v) is 12.1.